The van der Waals surface area contributed by atoms with Crippen LogP contribution in [-0.2, 0) is 6.61 Å². The first-order valence-corrected chi connectivity index (χ1v) is 6.59. The number of hydrogen-bond acceptors (Lipinski definition) is 1. The maximum atomic E-state index is 9.04. The van der Waals surface area contributed by atoms with Crippen molar-refractivity contribution in [1.29, 1.82) is 0 Å². The lowest BCUT2D eigenvalue weighted by Crippen LogP contribution is -1.87. The summed E-state index contributed by atoms with van der Waals surface area (Å²) in [6.45, 7) is -0.0604. The van der Waals surface area contributed by atoms with E-state index in [9.17, 15) is 0 Å². The van der Waals surface area contributed by atoms with E-state index in [0.717, 1.165) is 11.1 Å². The predicted octanol–water partition coefficient (Wildman–Crippen LogP) is 5.46. The highest BCUT2D eigenvalue weighted by atomic mass is 35.5. The minimum absolute atomic E-state index is 0.0604. The number of hydrogen-bond donors (Lipinski definition) is 1. The Balaban J connectivity index is 2.59. The highest BCUT2D eigenvalue weighted by Gasteiger charge is 2.13. The van der Waals surface area contributed by atoms with E-state index in [1.54, 1.807) is 30.3 Å². The van der Waals surface area contributed by atoms with E-state index in [-0.39, 0.29) is 6.61 Å². The van der Waals surface area contributed by atoms with Crippen molar-refractivity contribution in [3.05, 3.63) is 56.0 Å². The molecule has 2 aromatic carbocycles. The Hall–Kier alpha value is -0.440. The average molecular weight is 322 g/mol. The van der Waals surface area contributed by atoms with Crippen molar-refractivity contribution < 1.29 is 5.11 Å². The van der Waals surface area contributed by atoms with Gasteiger partial charge in [-0.15, -0.1) is 0 Å². The summed E-state index contributed by atoms with van der Waals surface area (Å²) in [5.41, 5.74) is 2.19. The Kier molecular flexibility index (Phi) is 4.41. The van der Waals surface area contributed by atoms with Gasteiger partial charge in [0.05, 0.1) is 21.7 Å². The van der Waals surface area contributed by atoms with Crippen molar-refractivity contribution in [1.82, 2.24) is 0 Å². The van der Waals surface area contributed by atoms with Gasteiger partial charge < -0.3 is 5.11 Å². The molecule has 0 fully saturated rings. The third-order valence-corrected chi connectivity index (χ3v) is 4.15. The highest BCUT2D eigenvalue weighted by Crippen LogP contribution is 2.40. The van der Waals surface area contributed by atoms with Gasteiger partial charge in [0, 0.05) is 16.1 Å². The summed E-state index contributed by atoms with van der Waals surface area (Å²) in [6, 6.07) is 8.69. The zero-order valence-corrected chi connectivity index (χ0v) is 12.1. The van der Waals surface area contributed by atoms with E-state index in [1.807, 2.05) is 0 Å². The van der Waals surface area contributed by atoms with Crippen LogP contribution in [0.5, 0.6) is 0 Å². The first kappa shape index (κ1) is 14.0. The van der Waals surface area contributed by atoms with Gasteiger partial charge >= 0.3 is 0 Å². The molecule has 0 atom stereocenters. The maximum Gasteiger partial charge on any atom is 0.0784 e. The molecular weight excluding hydrogens is 314 g/mol. The zero-order valence-electron chi connectivity index (χ0n) is 9.05. The molecule has 0 aliphatic heterocycles. The number of halogens is 4. The summed E-state index contributed by atoms with van der Waals surface area (Å²) in [5.74, 6) is 0. The molecule has 94 valence electrons. The van der Waals surface area contributed by atoms with E-state index in [2.05, 4.69) is 0 Å². The Bertz CT molecular complexity index is 596. The molecule has 0 radical (unpaired) electrons. The Morgan fingerprint density at radius 3 is 2.06 bits per heavy atom. The molecule has 0 aliphatic carbocycles. The topological polar surface area (TPSA) is 20.2 Å². The molecule has 0 unspecified atom stereocenters. The summed E-state index contributed by atoms with van der Waals surface area (Å²) >= 11 is 24.2. The number of aliphatic hydroxyl groups is 1. The Labute approximate surface area is 125 Å². The van der Waals surface area contributed by atoms with Gasteiger partial charge in [-0.3, -0.25) is 0 Å². The van der Waals surface area contributed by atoms with Gasteiger partial charge in [-0.1, -0.05) is 64.6 Å². The number of aliphatic hydroxyl groups excluding tert-OH is 1. The molecule has 0 aliphatic rings. The monoisotopic (exact) mass is 320 g/mol. The second-order valence-corrected chi connectivity index (χ2v) is 5.27. The fourth-order valence-corrected chi connectivity index (χ4v) is 2.55. The summed E-state index contributed by atoms with van der Waals surface area (Å²) < 4.78 is 0. The molecule has 1 N–H and O–H groups in total. The molecule has 2 aromatic rings. The van der Waals surface area contributed by atoms with Crippen LogP contribution >= 0.6 is 46.4 Å². The second kappa shape index (κ2) is 5.68. The summed E-state index contributed by atoms with van der Waals surface area (Å²) in [7, 11) is 0. The van der Waals surface area contributed by atoms with Crippen molar-refractivity contribution in [2.24, 2.45) is 0 Å². The maximum absolute atomic E-state index is 9.04. The lowest BCUT2D eigenvalue weighted by molar-refractivity contribution is 0.282. The molecule has 2 rings (SSSR count). The number of rotatable bonds is 2. The molecule has 18 heavy (non-hydrogen) atoms. The van der Waals surface area contributed by atoms with Crippen LogP contribution in [0.25, 0.3) is 11.1 Å². The largest absolute Gasteiger partial charge is 0.392 e. The van der Waals surface area contributed by atoms with Crippen LogP contribution in [0.3, 0.4) is 0 Å². The molecule has 5 heteroatoms. The lowest BCUT2D eigenvalue weighted by atomic mass is 10.0. The van der Waals surface area contributed by atoms with Gasteiger partial charge in [0.2, 0.25) is 0 Å². The van der Waals surface area contributed by atoms with Crippen LogP contribution in [0.15, 0.2) is 30.3 Å². The molecule has 0 heterocycles. The summed E-state index contributed by atoms with van der Waals surface area (Å²) in [6.07, 6.45) is 0. The van der Waals surface area contributed by atoms with Gasteiger partial charge in [0.15, 0.2) is 0 Å². The summed E-state index contributed by atoms with van der Waals surface area (Å²) in [5, 5.41) is 10.6. The van der Waals surface area contributed by atoms with Crippen molar-refractivity contribution in [3.63, 3.8) is 0 Å². The minimum Gasteiger partial charge on any atom is -0.392 e. The van der Waals surface area contributed by atoms with Crippen molar-refractivity contribution >= 4 is 46.4 Å². The molecule has 0 amide bonds. The minimum atomic E-state index is -0.0604. The van der Waals surface area contributed by atoms with Crippen LogP contribution in [0.4, 0.5) is 0 Å². The first-order valence-electron chi connectivity index (χ1n) is 5.07. The van der Waals surface area contributed by atoms with E-state index >= 15 is 0 Å². The molecular formula is C13H8Cl4O. The Morgan fingerprint density at radius 2 is 1.44 bits per heavy atom. The third-order valence-electron chi connectivity index (χ3n) is 2.54. The van der Waals surface area contributed by atoms with Crippen LogP contribution in [0.1, 0.15) is 5.56 Å². The zero-order chi connectivity index (χ0) is 13.3. The van der Waals surface area contributed by atoms with Crippen LogP contribution in [0, 0.1) is 0 Å². The quantitative estimate of drug-likeness (QED) is 0.728. The van der Waals surface area contributed by atoms with Gasteiger partial charge in [0.1, 0.15) is 0 Å². The normalized spacial score (nSPS) is 10.7. The van der Waals surface area contributed by atoms with E-state index in [0.29, 0.717) is 25.7 Å². The van der Waals surface area contributed by atoms with Crippen LogP contribution in [0.2, 0.25) is 20.1 Å². The van der Waals surface area contributed by atoms with Gasteiger partial charge in [-0.05, 0) is 17.7 Å². The smallest absolute Gasteiger partial charge is 0.0784 e. The summed E-state index contributed by atoms with van der Waals surface area (Å²) in [4.78, 5) is 0. The van der Waals surface area contributed by atoms with E-state index in [1.165, 1.54) is 0 Å². The average Bonchev–Trinajstić information content (AvgIpc) is 2.37. The molecule has 0 saturated carbocycles. The standard InChI is InChI=1S/C13H8Cl4O/c14-10-4-3-9(12(16)13(10)17)8-2-1-7(6-18)5-11(8)15/h1-5,18H,6H2. The van der Waals surface area contributed by atoms with E-state index in [4.69, 9.17) is 51.5 Å². The van der Waals surface area contributed by atoms with Crippen LogP contribution in [-0.4, -0.2) is 5.11 Å². The van der Waals surface area contributed by atoms with Crippen LogP contribution < -0.4 is 0 Å². The SMILES string of the molecule is OCc1ccc(-c2ccc(Cl)c(Cl)c2Cl)c(Cl)c1. The molecule has 0 saturated heterocycles. The van der Waals surface area contributed by atoms with Gasteiger partial charge in [-0.25, -0.2) is 0 Å². The fourth-order valence-electron chi connectivity index (χ4n) is 1.61. The second-order valence-electron chi connectivity index (χ2n) is 3.70. The fraction of sp³-hybridized carbons (Fsp3) is 0.0769. The van der Waals surface area contributed by atoms with Crippen molar-refractivity contribution in [2.45, 2.75) is 6.61 Å². The molecule has 1 nitrogen and oxygen atoms in total. The third kappa shape index (κ3) is 2.61. The highest BCUT2D eigenvalue weighted by molar-refractivity contribution is 6.49. The molecule has 0 spiro atoms. The molecule has 0 aromatic heterocycles. The first-order chi connectivity index (χ1) is 8.54. The van der Waals surface area contributed by atoms with Crippen molar-refractivity contribution in [2.75, 3.05) is 0 Å². The van der Waals surface area contributed by atoms with Gasteiger partial charge in [0.25, 0.3) is 0 Å². The number of benzene rings is 2. The van der Waals surface area contributed by atoms with Crippen molar-refractivity contribution in [3.8, 4) is 11.1 Å². The predicted molar refractivity (Wildman–Crippen MR) is 77.8 cm³/mol. The molecule has 0 bridgehead atoms. The Morgan fingerprint density at radius 1 is 0.778 bits per heavy atom. The lowest BCUT2D eigenvalue weighted by Gasteiger charge is -2.10. The van der Waals surface area contributed by atoms with E-state index < -0.39 is 0 Å². The van der Waals surface area contributed by atoms with Gasteiger partial charge in [-0.2, -0.15) is 0 Å².